The maximum atomic E-state index is 11.8. The second-order valence-electron chi connectivity index (χ2n) is 4.91. The third-order valence-corrected chi connectivity index (χ3v) is 3.64. The number of amides is 1. The van der Waals surface area contributed by atoms with Gasteiger partial charge in [0.15, 0.2) is 0 Å². The average Bonchev–Trinajstić information content (AvgIpc) is 2.45. The molecule has 0 saturated carbocycles. The minimum Gasteiger partial charge on any atom is -0.496 e. The number of methoxy groups -OCH3 is 3. The van der Waals surface area contributed by atoms with Crippen LogP contribution in [0.3, 0.4) is 0 Å². The van der Waals surface area contributed by atoms with Gasteiger partial charge >= 0.3 is 0 Å². The highest BCUT2D eigenvalue weighted by Gasteiger charge is 2.24. The van der Waals surface area contributed by atoms with Crippen molar-refractivity contribution >= 4 is 5.91 Å². The SMILES string of the molecule is COc1cc(OC)c(CCNC(=O)C2CNC2)c(OC)c1. The molecule has 0 spiro atoms. The molecule has 0 atom stereocenters. The Balaban J connectivity index is 2.01. The molecule has 21 heavy (non-hydrogen) atoms. The number of nitrogens with one attached hydrogen (secondary N) is 2. The molecule has 2 rings (SSSR count). The topological polar surface area (TPSA) is 68.8 Å². The summed E-state index contributed by atoms with van der Waals surface area (Å²) in [4.78, 5) is 11.8. The van der Waals surface area contributed by atoms with Crippen LogP contribution in [0.25, 0.3) is 0 Å². The summed E-state index contributed by atoms with van der Waals surface area (Å²) in [5, 5.41) is 6.03. The van der Waals surface area contributed by atoms with Crippen molar-refractivity contribution in [3.63, 3.8) is 0 Å². The van der Waals surface area contributed by atoms with Crippen LogP contribution in [0.2, 0.25) is 0 Å². The normalized spacial score (nSPS) is 14.2. The van der Waals surface area contributed by atoms with E-state index in [2.05, 4.69) is 10.6 Å². The van der Waals surface area contributed by atoms with Crippen LogP contribution < -0.4 is 24.8 Å². The van der Waals surface area contributed by atoms with E-state index in [-0.39, 0.29) is 11.8 Å². The highest BCUT2D eigenvalue weighted by atomic mass is 16.5. The van der Waals surface area contributed by atoms with E-state index < -0.39 is 0 Å². The fourth-order valence-electron chi connectivity index (χ4n) is 2.25. The molecule has 0 aromatic heterocycles. The third-order valence-electron chi connectivity index (χ3n) is 3.64. The van der Waals surface area contributed by atoms with Crippen LogP contribution in [-0.4, -0.2) is 46.9 Å². The fraction of sp³-hybridized carbons (Fsp3) is 0.533. The molecule has 1 aliphatic rings. The Morgan fingerprint density at radius 3 is 2.24 bits per heavy atom. The lowest BCUT2D eigenvalue weighted by Gasteiger charge is -2.25. The van der Waals surface area contributed by atoms with Crippen LogP contribution in [0.5, 0.6) is 17.2 Å². The summed E-state index contributed by atoms with van der Waals surface area (Å²) in [6.07, 6.45) is 0.641. The highest BCUT2D eigenvalue weighted by molar-refractivity contribution is 5.80. The van der Waals surface area contributed by atoms with Gasteiger partial charge in [0, 0.05) is 37.3 Å². The van der Waals surface area contributed by atoms with Gasteiger partial charge < -0.3 is 24.8 Å². The Morgan fingerprint density at radius 2 is 1.81 bits per heavy atom. The molecule has 116 valence electrons. The van der Waals surface area contributed by atoms with Crippen molar-refractivity contribution < 1.29 is 19.0 Å². The van der Waals surface area contributed by atoms with E-state index in [1.165, 1.54) is 0 Å². The molecule has 0 radical (unpaired) electrons. The van der Waals surface area contributed by atoms with E-state index in [0.717, 1.165) is 18.7 Å². The van der Waals surface area contributed by atoms with Gasteiger partial charge in [0.05, 0.1) is 27.2 Å². The lowest BCUT2D eigenvalue weighted by molar-refractivity contribution is -0.126. The third kappa shape index (κ3) is 3.58. The van der Waals surface area contributed by atoms with E-state index in [0.29, 0.717) is 30.2 Å². The molecule has 0 bridgehead atoms. The van der Waals surface area contributed by atoms with E-state index >= 15 is 0 Å². The first kappa shape index (κ1) is 15.4. The second kappa shape index (κ2) is 7.17. The minimum atomic E-state index is 0.0974. The van der Waals surface area contributed by atoms with Crippen LogP contribution in [0.1, 0.15) is 5.56 Å². The molecule has 1 fully saturated rings. The lowest BCUT2D eigenvalue weighted by atomic mass is 10.0. The highest BCUT2D eigenvalue weighted by Crippen LogP contribution is 2.34. The molecule has 1 aromatic carbocycles. The first-order chi connectivity index (χ1) is 10.2. The summed E-state index contributed by atoms with van der Waals surface area (Å²) < 4.78 is 16.0. The number of benzene rings is 1. The predicted octanol–water partition coefficient (Wildman–Crippen LogP) is 0.591. The van der Waals surface area contributed by atoms with E-state index in [9.17, 15) is 4.79 Å². The molecule has 1 saturated heterocycles. The molecule has 2 N–H and O–H groups in total. The number of carbonyl (C=O) groups excluding carboxylic acids is 1. The number of carbonyl (C=O) groups is 1. The molecule has 0 aliphatic carbocycles. The zero-order chi connectivity index (χ0) is 15.2. The van der Waals surface area contributed by atoms with Gasteiger partial charge in [0.1, 0.15) is 17.2 Å². The number of hydrogen-bond donors (Lipinski definition) is 2. The van der Waals surface area contributed by atoms with Crippen molar-refractivity contribution in [2.24, 2.45) is 5.92 Å². The van der Waals surface area contributed by atoms with Crippen LogP contribution in [0.4, 0.5) is 0 Å². The van der Waals surface area contributed by atoms with Gasteiger partial charge in [-0.25, -0.2) is 0 Å². The fourth-order valence-corrected chi connectivity index (χ4v) is 2.25. The Morgan fingerprint density at radius 1 is 1.19 bits per heavy atom. The Labute approximate surface area is 124 Å². The van der Waals surface area contributed by atoms with Gasteiger partial charge in [-0.05, 0) is 6.42 Å². The molecule has 6 nitrogen and oxygen atoms in total. The smallest absolute Gasteiger partial charge is 0.225 e. The molecule has 6 heteroatoms. The predicted molar refractivity (Wildman–Crippen MR) is 79.2 cm³/mol. The largest absolute Gasteiger partial charge is 0.496 e. The molecular formula is C15H22N2O4. The summed E-state index contributed by atoms with van der Waals surface area (Å²) in [7, 11) is 4.81. The van der Waals surface area contributed by atoms with Crippen molar-refractivity contribution in [2.45, 2.75) is 6.42 Å². The summed E-state index contributed by atoms with van der Waals surface area (Å²) in [5.74, 6) is 2.28. The van der Waals surface area contributed by atoms with Gasteiger partial charge in [0.2, 0.25) is 5.91 Å². The van der Waals surface area contributed by atoms with Gasteiger partial charge in [-0.2, -0.15) is 0 Å². The Bertz CT molecular complexity index is 475. The first-order valence-electron chi connectivity index (χ1n) is 6.97. The second-order valence-corrected chi connectivity index (χ2v) is 4.91. The van der Waals surface area contributed by atoms with Gasteiger partial charge in [0.25, 0.3) is 0 Å². The Kier molecular flexibility index (Phi) is 5.27. The number of rotatable bonds is 7. The minimum absolute atomic E-state index is 0.0974. The van der Waals surface area contributed by atoms with E-state index in [4.69, 9.17) is 14.2 Å². The maximum absolute atomic E-state index is 11.8. The zero-order valence-electron chi connectivity index (χ0n) is 12.7. The van der Waals surface area contributed by atoms with E-state index in [1.54, 1.807) is 21.3 Å². The molecule has 1 aliphatic heterocycles. The van der Waals surface area contributed by atoms with Gasteiger partial charge in [-0.3, -0.25) is 4.79 Å². The molecule has 0 unspecified atom stereocenters. The van der Waals surface area contributed by atoms with Crippen LogP contribution in [0.15, 0.2) is 12.1 Å². The summed E-state index contributed by atoms with van der Waals surface area (Å²) >= 11 is 0. The molecule has 1 amide bonds. The maximum Gasteiger partial charge on any atom is 0.225 e. The van der Waals surface area contributed by atoms with Gasteiger partial charge in [-0.1, -0.05) is 0 Å². The molecular weight excluding hydrogens is 272 g/mol. The van der Waals surface area contributed by atoms with E-state index in [1.807, 2.05) is 12.1 Å². The average molecular weight is 294 g/mol. The van der Waals surface area contributed by atoms with Crippen LogP contribution in [0, 0.1) is 5.92 Å². The summed E-state index contributed by atoms with van der Waals surface area (Å²) in [6, 6.07) is 3.63. The molecule has 1 heterocycles. The number of hydrogen-bond acceptors (Lipinski definition) is 5. The van der Waals surface area contributed by atoms with Crippen molar-refractivity contribution in [1.29, 1.82) is 0 Å². The standard InChI is InChI=1S/C15H22N2O4/c1-19-11-6-13(20-2)12(14(7-11)21-3)4-5-17-15(18)10-8-16-9-10/h6-7,10,16H,4-5,8-9H2,1-3H3,(H,17,18). The number of ether oxygens (including phenoxy) is 3. The Hall–Kier alpha value is -1.95. The first-order valence-corrected chi connectivity index (χ1v) is 6.97. The summed E-state index contributed by atoms with van der Waals surface area (Å²) in [5.41, 5.74) is 0.924. The monoisotopic (exact) mass is 294 g/mol. The quantitative estimate of drug-likeness (QED) is 0.770. The van der Waals surface area contributed by atoms with Crippen molar-refractivity contribution in [3.8, 4) is 17.2 Å². The lowest BCUT2D eigenvalue weighted by Crippen LogP contribution is -2.51. The van der Waals surface area contributed by atoms with Gasteiger partial charge in [-0.15, -0.1) is 0 Å². The van der Waals surface area contributed by atoms with Crippen LogP contribution in [-0.2, 0) is 11.2 Å². The van der Waals surface area contributed by atoms with Crippen molar-refractivity contribution in [3.05, 3.63) is 17.7 Å². The zero-order valence-corrected chi connectivity index (χ0v) is 12.7. The molecule has 1 aromatic rings. The van der Waals surface area contributed by atoms with Crippen molar-refractivity contribution in [2.75, 3.05) is 41.0 Å². The van der Waals surface area contributed by atoms with Crippen LogP contribution >= 0.6 is 0 Å². The van der Waals surface area contributed by atoms with Crippen molar-refractivity contribution in [1.82, 2.24) is 10.6 Å². The summed E-state index contributed by atoms with van der Waals surface area (Å²) in [6.45, 7) is 2.08.